The molecule has 0 spiro atoms. The van der Waals surface area contributed by atoms with E-state index >= 15 is 0 Å². The number of carbonyl (C=O) groups is 1. The first-order chi connectivity index (χ1) is 7.36. The predicted molar refractivity (Wildman–Crippen MR) is 66.5 cm³/mol. The van der Waals surface area contributed by atoms with E-state index in [1.807, 2.05) is 23.9 Å². The molecule has 1 aliphatic rings. The van der Waals surface area contributed by atoms with Gasteiger partial charge in [0.2, 0.25) is 0 Å². The molecule has 15 heavy (non-hydrogen) atoms. The minimum absolute atomic E-state index is 0.205. The number of hydrogen-bond donors (Lipinski definition) is 0. The third kappa shape index (κ3) is 3.24. The number of nitrogens with zero attached hydrogens (tertiary/aromatic N) is 1. The van der Waals surface area contributed by atoms with E-state index in [4.69, 9.17) is 0 Å². The van der Waals surface area contributed by atoms with Gasteiger partial charge in [-0.1, -0.05) is 0 Å². The lowest BCUT2D eigenvalue weighted by Crippen LogP contribution is -2.25. The summed E-state index contributed by atoms with van der Waals surface area (Å²) in [6, 6.07) is 3.83. The first-order valence-corrected chi connectivity index (χ1v) is 7.17. The zero-order chi connectivity index (χ0) is 10.5. The van der Waals surface area contributed by atoms with E-state index < -0.39 is 0 Å². The third-order valence-corrected chi connectivity index (χ3v) is 5.11. The number of carbonyl (C=O) groups excluding carboxylic acids is 1. The molecule has 0 bridgehead atoms. The Hall–Kier alpha value is -0.480. The number of pyridine rings is 1. The molecule has 0 amide bonds. The SMILES string of the molecule is O=C(Cc1ccncc1)C1CSCCS1. The van der Waals surface area contributed by atoms with E-state index in [9.17, 15) is 4.79 Å². The van der Waals surface area contributed by atoms with Crippen LogP contribution >= 0.6 is 23.5 Å². The average molecular weight is 239 g/mol. The summed E-state index contributed by atoms with van der Waals surface area (Å²) in [4.78, 5) is 15.9. The first-order valence-electron chi connectivity index (χ1n) is 4.97. The molecule has 2 nitrogen and oxygen atoms in total. The molecular formula is C11H13NOS2. The molecule has 1 unspecified atom stereocenters. The summed E-state index contributed by atoms with van der Waals surface area (Å²) in [7, 11) is 0. The van der Waals surface area contributed by atoms with Gasteiger partial charge < -0.3 is 0 Å². The predicted octanol–water partition coefficient (Wildman–Crippen LogP) is 2.04. The minimum Gasteiger partial charge on any atom is -0.298 e. The molecule has 1 aromatic heterocycles. The van der Waals surface area contributed by atoms with Crippen molar-refractivity contribution in [3.8, 4) is 0 Å². The van der Waals surface area contributed by atoms with Crippen LogP contribution in [0.15, 0.2) is 24.5 Å². The highest BCUT2D eigenvalue weighted by atomic mass is 32.2. The molecule has 2 heterocycles. The zero-order valence-corrected chi connectivity index (χ0v) is 10.0. The van der Waals surface area contributed by atoms with Gasteiger partial charge >= 0.3 is 0 Å². The van der Waals surface area contributed by atoms with Gasteiger partial charge in [0, 0.05) is 36.1 Å². The van der Waals surface area contributed by atoms with Crippen LogP contribution in [0, 0.1) is 0 Å². The average Bonchev–Trinajstić information content (AvgIpc) is 2.31. The van der Waals surface area contributed by atoms with Crippen molar-refractivity contribution in [2.75, 3.05) is 17.3 Å². The summed E-state index contributed by atoms with van der Waals surface area (Å²) in [6.07, 6.45) is 4.04. The quantitative estimate of drug-likeness (QED) is 0.807. The molecule has 0 saturated carbocycles. The minimum atomic E-state index is 0.205. The van der Waals surface area contributed by atoms with Gasteiger partial charge in [-0.2, -0.15) is 11.8 Å². The Morgan fingerprint density at radius 3 is 2.87 bits per heavy atom. The first kappa shape index (κ1) is 11.0. The molecule has 0 radical (unpaired) electrons. The van der Waals surface area contributed by atoms with Crippen LogP contribution in [0.1, 0.15) is 5.56 Å². The molecule has 1 fully saturated rings. The Morgan fingerprint density at radius 2 is 2.20 bits per heavy atom. The number of Topliss-reactive ketones (excluding diaryl/α,β-unsaturated/α-hetero) is 1. The van der Waals surface area contributed by atoms with Crippen LogP contribution in [0.4, 0.5) is 0 Å². The fourth-order valence-corrected chi connectivity index (χ4v) is 4.14. The largest absolute Gasteiger partial charge is 0.298 e. The molecule has 1 saturated heterocycles. The molecular weight excluding hydrogens is 226 g/mol. The third-order valence-electron chi connectivity index (χ3n) is 2.30. The van der Waals surface area contributed by atoms with Gasteiger partial charge in [-0.25, -0.2) is 0 Å². The van der Waals surface area contributed by atoms with E-state index in [-0.39, 0.29) is 5.25 Å². The van der Waals surface area contributed by atoms with Gasteiger partial charge in [0.25, 0.3) is 0 Å². The summed E-state index contributed by atoms with van der Waals surface area (Å²) in [5, 5.41) is 0.205. The normalized spacial score (nSPS) is 21.2. The molecule has 1 atom stereocenters. The van der Waals surface area contributed by atoms with Crippen LogP contribution < -0.4 is 0 Å². The van der Waals surface area contributed by atoms with Crippen molar-refractivity contribution in [2.45, 2.75) is 11.7 Å². The summed E-state index contributed by atoms with van der Waals surface area (Å²) >= 11 is 3.69. The lowest BCUT2D eigenvalue weighted by Gasteiger charge is -2.19. The fourth-order valence-electron chi connectivity index (χ4n) is 1.49. The van der Waals surface area contributed by atoms with Crippen LogP contribution in [0.5, 0.6) is 0 Å². The van der Waals surface area contributed by atoms with E-state index in [1.54, 1.807) is 24.2 Å². The van der Waals surface area contributed by atoms with Crippen LogP contribution in [-0.2, 0) is 11.2 Å². The summed E-state index contributed by atoms with van der Waals surface area (Å²) in [6.45, 7) is 0. The standard InChI is InChI=1S/C11H13NOS2/c13-10(11-8-14-5-6-15-11)7-9-1-3-12-4-2-9/h1-4,11H,5-8H2. The highest BCUT2D eigenvalue weighted by Gasteiger charge is 2.21. The molecule has 1 aromatic rings. The van der Waals surface area contributed by atoms with Crippen molar-refractivity contribution in [1.82, 2.24) is 4.98 Å². The maximum Gasteiger partial charge on any atom is 0.151 e. The number of aromatic nitrogens is 1. The fraction of sp³-hybridized carbons (Fsp3) is 0.455. The van der Waals surface area contributed by atoms with Crippen molar-refractivity contribution in [1.29, 1.82) is 0 Å². The summed E-state index contributed by atoms with van der Waals surface area (Å²) in [5.41, 5.74) is 1.08. The molecule has 0 aliphatic carbocycles. The van der Waals surface area contributed by atoms with E-state index in [0.29, 0.717) is 12.2 Å². The van der Waals surface area contributed by atoms with E-state index in [0.717, 1.165) is 17.1 Å². The van der Waals surface area contributed by atoms with Gasteiger partial charge in [0.1, 0.15) is 0 Å². The van der Waals surface area contributed by atoms with Gasteiger partial charge in [-0.3, -0.25) is 9.78 Å². The van der Waals surface area contributed by atoms with Crippen molar-refractivity contribution in [3.63, 3.8) is 0 Å². The second-order valence-electron chi connectivity index (χ2n) is 3.43. The number of thioether (sulfide) groups is 2. The molecule has 0 N–H and O–H groups in total. The zero-order valence-electron chi connectivity index (χ0n) is 8.39. The lowest BCUT2D eigenvalue weighted by molar-refractivity contribution is -0.117. The van der Waals surface area contributed by atoms with Crippen molar-refractivity contribution < 1.29 is 4.79 Å². The van der Waals surface area contributed by atoms with E-state index in [2.05, 4.69) is 4.98 Å². The van der Waals surface area contributed by atoms with Gasteiger partial charge in [0.15, 0.2) is 5.78 Å². The second kappa shape index (κ2) is 5.56. The van der Waals surface area contributed by atoms with Crippen LogP contribution in [0.25, 0.3) is 0 Å². The molecule has 2 rings (SSSR count). The Kier molecular flexibility index (Phi) is 4.09. The highest BCUT2D eigenvalue weighted by Crippen LogP contribution is 2.25. The lowest BCUT2D eigenvalue weighted by atomic mass is 10.1. The van der Waals surface area contributed by atoms with E-state index in [1.165, 1.54) is 5.75 Å². The smallest absolute Gasteiger partial charge is 0.151 e. The number of hydrogen-bond acceptors (Lipinski definition) is 4. The summed E-state index contributed by atoms with van der Waals surface area (Å²) < 4.78 is 0. The number of rotatable bonds is 3. The molecule has 1 aliphatic heterocycles. The maximum absolute atomic E-state index is 11.9. The van der Waals surface area contributed by atoms with Crippen LogP contribution in [0.2, 0.25) is 0 Å². The van der Waals surface area contributed by atoms with Crippen LogP contribution in [0.3, 0.4) is 0 Å². The topological polar surface area (TPSA) is 30.0 Å². The Balaban J connectivity index is 1.91. The second-order valence-corrected chi connectivity index (χ2v) is 5.89. The monoisotopic (exact) mass is 239 g/mol. The Labute approximate surface area is 98.2 Å². The highest BCUT2D eigenvalue weighted by molar-refractivity contribution is 8.07. The Morgan fingerprint density at radius 1 is 1.40 bits per heavy atom. The van der Waals surface area contributed by atoms with Gasteiger partial charge in [-0.05, 0) is 17.7 Å². The van der Waals surface area contributed by atoms with Crippen molar-refractivity contribution in [3.05, 3.63) is 30.1 Å². The summed E-state index contributed by atoms with van der Waals surface area (Å²) in [5.74, 6) is 3.63. The van der Waals surface area contributed by atoms with Gasteiger partial charge in [-0.15, -0.1) is 11.8 Å². The van der Waals surface area contributed by atoms with Crippen molar-refractivity contribution in [2.24, 2.45) is 0 Å². The molecule has 4 heteroatoms. The molecule has 0 aromatic carbocycles. The van der Waals surface area contributed by atoms with Crippen LogP contribution in [-0.4, -0.2) is 33.3 Å². The molecule has 80 valence electrons. The van der Waals surface area contributed by atoms with Crippen molar-refractivity contribution >= 4 is 29.3 Å². The number of ketones is 1. The van der Waals surface area contributed by atoms with Gasteiger partial charge in [0.05, 0.1) is 5.25 Å². The maximum atomic E-state index is 11.9. The Bertz CT molecular complexity index is 323.